The van der Waals surface area contributed by atoms with Gasteiger partial charge in [0, 0.05) is 19.3 Å². The topological polar surface area (TPSA) is 92.3 Å². The van der Waals surface area contributed by atoms with Gasteiger partial charge in [-0.05, 0) is 12.8 Å². The van der Waals surface area contributed by atoms with Gasteiger partial charge in [-0.25, -0.2) is 0 Å². The van der Waals surface area contributed by atoms with Crippen molar-refractivity contribution in [2.45, 2.75) is 40.0 Å². The lowest BCUT2D eigenvalue weighted by atomic mass is 10.1. The normalized spacial score (nSPS) is 10.1. The molecule has 0 heterocycles. The molecule has 6 heteroatoms. The van der Waals surface area contributed by atoms with Gasteiger partial charge >= 0.3 is 0 Å². The Morgan fingerprint density at radius 2 is 1.47 bits per heavy atom. The van der Waals surface area contributed by atoms with Crippen molar-refractivity contribution < 1.29 is 19.2 Å². The molecule has 0 aromatic rings. The zero-order valence-corrected chi connectivity index (χ0v) is 11.7. The molecule has 0 saturated heterocycles. The fourth-order valence-electron chi connectivity index (χ4n) is 1.29. The number of ketones is 2. The van der Waals surface area contributed by atoms with E-state index >= 15 is 0 Å². The van der Waals surface area contributed by atoms with Crippen molar-refractivity contribution in [3.63, 3.8) is 0 Å². The maximum Gasteiger partial charge on any atom is 0.220 e. The molecule has 2 amide bonds. The number of rotatable bonds is 9. The number of carbonyl (C=O) groups excluding carboxylic acids is 4. The van der Waals surface area contributed by atoms with E-state index in [2.05, 4.69) is 10.6 Å². The molecular weight excluding hydrogens is 248 g/mol. The Labute approximate surface area is 113 Å². The van der Waals surface area contributed by atoms with E-state index < -0.39 is 0 Å². The summed E-state index contributed by atoms with van der Waals surface area (Å²) in [5.41, 5.74) is 0. The number of carbonyl (C=O) groups is 4. The zero-order chi connectivity index (χ0) is 14.8. The number of amides is 2. The second kappa shape index (κ2) is 9.24. The molecule has 0 aromatic carbocycles. The molecule has 2 N–H and O–H groups in total. The molecule has 0 unspecified atom stereocenters. The quantitative estimate of drug-likeness (QED) is 0.626. The number of hydrogen-bond donors (Lipinski definition) is 2. The van der Waals surface area contributed by atoms with Gasteiger partial charge in [-0.3, -0.25) is 19.2 Å². The lowest BCUT2D eigenvalue weighted by Gasteiger charge is -2.06. The molecule has 0 aromatic heterocycles. The smallest absolute Gasteiger partial charge is 0.220 e. The summed E-state index contributed by atoms with van der Waals surface area (Å²) in [6, 6.07) is 0. The predicted molar refractivity (Wildman–Crippen MR) is 70.4 cm³/mol. The fraction of sp³-hybridized carbons (Fsp3) is 0.692. The standard InChI is InChI=1S/C13H22N2O4/c1-9(2)6-13(19)15-8-11(17)4-5-12(18)14-7-10(3)16/h9H,4-8H2,1-3H3,(H,14,18)(H,15,19). The second-order valence-corrected chi connectivity index (χ2v) is 4.89. The fourth-order valence-corrected chi connectivity index (χ4v) is 1.29. The highest BCUT2D eigenvalue weighted by Crippen LogP contribution is 1.98. The largest absolute Gasteiger partial charge is 0.349 e. The lowest BCUT2D eigenvalue weighted by Crippen LogP contribution is -2.32. The van der Waals surface area contributed by atoms with Crippen LogP contribution in [0.3, 0.4) is 0 Å². The maximum atomic E-state index is 11.4. The molecule has 0 atom stereocenters. The molecule has 6 nitrogen and oxygen atoms in total. The highest BCUT2D eigenvalue weighted by Gasteiger charge is 2.09. The Bertz CT molecular complexity index is 351. The number of hydrogen-bond acceptors (Lipinski definition) is 4. The molecule has 0 aliphatic heterocycles. The highest BCUT2D eigenvalue weighted by atomic mass is 16.2. The van der Waals surface area contributed by atoms with E-state index in [-0.39, 0.29) is 55.2 Å². The molecular formula is C13H22N2O4. The van der Waals surface area contributed by atoms with Crippen molar-refractivity contribution in [3.8, 4) is 0 Å². The van der Waals surface area contributed by atoms with Crippen LogP contribution in [0.1, 0.15) is 40.0 Å². The van der Waals surface area contributed by atoms with Gasteiger partial charge in [0.2, 0.25) is 11.8 Å². The molecule has 0 fully saturated rings. The Morgan fingerprint density at radius 3 is 2.00 bits per heavy atom. The van der Waals surface area contributed by atoms with Crippen LogP contribution in [0, 0.1) is 5.92 Å². The van der Waals surface area contributed by atoms with Crippen LogP contribution in [0.15, 0.2) is 0 Å². The van der Waals surface area contributed by atoms with Crippen LogP contribution in [-0.2, 0) is 19.2 Å². The van der Waals surface area contributed by atoms with Crippen molar-refractivity contribution >= 4 is 23.4 Å². The van der Waals surface area contributed by atoms with E-state index in [1.54, 1.807) is 0 Å². The lowest BCUT2D eigenvalue weighted by molar-refractivity contribution is -0.127. The van der Waals surface area contributed by atoms with E-state index in [4.69, 9.17) is 0 Å². The summed E-state index contributed by atoms with van der Waals surface area (Å²) < 4.78 is 0. The Kier molecular flexibility index (Phi) is 8.41. The summed E-state index contributed by atoms with van der Waals surface area (Å²) in [5, 5.41) is 4.91. The summed E-state index contributed by atoms with van der Waals surface area (Å²) in [6.45, 7) is 5.14. The first-order chi connectivity index (χ1) is 8.81. The highest BCUT2D eigenvalue weighted by molar-refractivity contribution is 5.90. The van der Waals surface area contributed by atoms with E-state index in [0.717, 1.165) is 0 Å². The Hall–Kier alpha value is -1.72. The molecule has 0 aliphatic rings. The van der Waals surface area contributed by atoms with Crippen LogP contribution in [-0.4, -0.2) is 36.5 Å². The summed E-state index contributed by atoms with van der Waals surface area (Å²) in [6.07, 6.45) is 0.476. The molecule has 0 saturated carbocycles. The molecule has 0 rings (SSSR count). The van der Waals surface area contributed by atoms with Gasteiger partial charge in [0.05, 0.1) is 13.1 Å². The minimum Gasteiger partial charge on any atom is -0.349 e. The second-order valence-electron chi connectivity index (χ2n) is 4.89. The van der Waals surface area contributed by atoms with Gasteiger partial charge in [0.1, 0.15) is 5.78 Å². The molecule has 0 spiro atoms. The third-order valence-electron chi connectivity index (χ3n) is 2.24. The third kappa shape index (κ3) is 11.1. The van der Waals surface area contributed by atoms with Crippen molar-refractivity contribution in [1.29, 1.82) is 0 Å². The van der Waals surface area contributed by atoms with Crippen LogP contribution in [0.5, 0.6) is 0 Å². The van der Waals surface area contributed by atoms with Gasteiger partial charge in [-0.2, -0.15) is 0 Å². The summed E-state index contributed by atoms with van der Waals surface area (Å²) in [4.78, 5) is 44.6. The first-order valence-corrected chi connectivity index (χ1v) is 6.35. The molecule has 0 bridgehead atoms. The van der Waals surface area contributed by atoms with Gasteiger partial charge in [-0.15, -0.1) is 0 Å². The van der Waals surface area contributed by atoms with Crippen LogP contribution in [0.4, 0.5) is 0 Å². The van der Waals surface area contributed by atoms with Gasteiger partial charge in [-0.1, -0.05) is 13.8 Å². The average molecular weight is 270 g/mol. The van der Waals surface area contributed by atoms with Crippen LogP contribution < -0.4 is 10.6 Å². The third-order valence-corrected chi connectivity index (χ3v) is 2.24. The average Bonchev–Trinajstić information content (AvgIpc) is 2.30. The minimum atomic E-state index is -0.336. The molecule has 19 heavy (non-hydrogen) atoms. The first kappa shape index (κ1) is 17.3. The van der Waals surface area contributed by atoms with Crippen LogP contribution >= 0.6 is 0 Å². The maximum absolute atomic E-state index is 11.4. The minimum absolute atomic E-state index is 0.0157. The van der Waals surface area contributed by atoms with E-state index in [1.807, 2.05) is 13.8 Å². The van der Waals surface area contributed by atoms with Gasteiger partial charge in [0.15, 0.2) is 5.78 Å². The predicted octanol–water partition coefficient (Wildman–Crippen LogP) is 0.203. The molecule has 0 aliphatic carbocycles. The van der Waals surface area contributed by atoms with Crippen molar-refractivity contribution in [2.75, 3.05) is 13.1 Å². The van der Waals surface area contributed by atoms with Crippen molar-refractivity contribution in [1.82, 2.24) is 10.6 Å². The van der Waals surface area contributed by atoms with Crippen molar-refractivity contribution in [2.24, 2.45) is 5.92 Å². The SMILES string of the molecule is CC(=O)CNC(=O)CCC(=O)CNC(=O)CC(C)C. The molecule has 0 radical (unpaired) electrons. The van der Waals surface area contributed by atoms with Crippen LogP contribution in [0.25, 0.3) is 0 Å². The van der Waals surface area contributed by atoms with Gasteiger partial charge < -0.3 is 10.6 Å². The number of nitrogens with one attached hydrogen (secondary N) is 2. The first-order valence-electron chi connectivity index (χ1n) is 6.35. The van der Waals surface area contributed by atoms with Crippen LogP contribution in [0.2, 0.25) is 0 Å². The van der Waals surface area contributed by atoms with Gasteiger partial charge in [0.25, 0.3) is 0 Å². The summed E-state index contributed by atoms with van der Waals surface area (Å²) in [7, 11) is 0. The summed E-state index contributed by atoms with van der Waals surface area (Å²) in [5.74, 6) is -0.593. The van der Waals surface area contributed by atoms with E-state index in [0.29, 0.717) is 6.42 Å². The van der Waals surface area contributed by atoms with Crippen molar-refractivity contribution in [3.05, 3.63) is 0 Å². The van der Waals surface area contributed by atoms with E-state index in [9.17, 15) is 19.2 Å². The summed E-state index contributed by atoms with van der Waals surface area (Å²) >= 11 is 0. The monoisotopic (exact) mass is 270 g/mol. The Morgan fingerprint density at radius 1 is 0.895 bits per heavy atom. The zero-order valence-electron chi connectivity index (χ0n) is 11.7. The number of Topliss-reactive ketones (excluding diaryl/α,β-unsaturated/α-hetero) is 2. The Balaban J connectivity index is 3.72. The molecule has 108 valence electrons. The van der Waals surface area contributed by atoms with E-state index in [1.165, 1.54) is 6.92 Å².